The van der Waals surface area contributed by atoms with Gasteiger partial charge in [-0.1, -0.05) is 0 Å². The first kappa shape index (κ1) is 9.48. The Morgan fingerprint density at radius 3 is 2.42 bits per heavy atom. The minimum Gasteiger partial charge on any atom is -0.393 e. The smallest absolute Gasteiger partial charge is 0.251 e. The molecule has 1 unspecified atom stereocenters. The van der Waals surface area contributed by atoms with E-state index in [-0.39, 0.29) is 12.0 Å². The van der Waals surface area contributed by atoms with Gasteiger partial charge >= 0.3 is 0 Å². The van der Waals surface area contributed by atoms with Crippen LogP contribution < -0.4 is 0 Å². The molecule has 1 amide bonds. The Kier molecular flexibility index (Phi) is 3.05. The molecular formula is C8H15NO3. The first-order valence-corrected chi connectivity index (χ1v) is 4.26. The molecule has 0 aliphatic carbocycles. The monoisotopic (exact) mass is 173 g/mol. The largest absolute Gasteiger partial charge is 0.393 e. The summed E-state index contributed by atoms with van der Waals surface area (Å²) >= 11 is 0. The van der Waals surface area contributed by atoms with Crippen molar-refractivity contribution in [3.05, 3.63) is 0 Å². The van der Waals surface area contributed by atoms with Crippen LogP contribution in [0.1, 0.15) is 19.8 Å². The van der Waals surface area contributed by atoms with Crippen molar-refractivity contribution in [2.24, 2.45) is 0 Å². The minimum atomic E-state index is -0.916. The van der Waals surface area contributed by atoms with Crippen LogP contribution in [0.5, 0.6) is 0 Å². The fourth-order valence-corrected chi connectivity index (χ4v) is 1.35. The molecule has 70 valence electrons. The molecule has 0 aromatic heterocycles. The van der Waals surface area contributed by atoms with Crippen molar-refractivity contribution in [3.63, 3.8) is 0 Å². The molecule has 1 aliphatic rings. The number of hydrogen-bond acceptors (Lipinski definition) is 3. The van der Waals surface area contributed by atoms with Gasteiger partial charge in [0.2, 0.25) is 0 Å². The first-order chi connectivity index (χ1) is 5.61. The van der Waals surface area contributed by atoms with Crippen LogP contribution in [0.25, 0.3) is 0 Å². The summed E-state index contributed by atoms with van der Waals surface area (Å²) < 4.78 is 0. The number of piperidine rings is 1. The van der Waals surface area contributed by atoms with Crippen molar-refractivity contribution in [1.82, 2.24) is 4.90 Å². The van der Waals surface area contributed by atoms with E-state index >= 15 is 0 Å². The van der Waals surface area contributed by atoms with Gasteiger partial charge < -0.3 is 15.1 Å². The van der Waals surface area contributed by atoms with E-state index < -0.39 is 6.10 Å². The number of aliphatic hydroxyl groups excluding tert-OH is 2. The van der Waals surface area contributed by atoms with Crippen molar-refractivity contribution in [2.45, 2.75) is 32.0 Å². The van der Waals surface area contributed by atoms with E-state index in [1.54, 1.807) is 4.90 Å². The van der Waals surface area contributed by atoms with Gasteiger partial charge in [-0.25, -0.2) is 0 Å². The number of hydrogen-bond donors (Lipinski definition) is 2. The molecule has 1 saturated heterocycles. The van der Waals surface area contributed by atoms with Crippen LogP contribution in [0.2, 0.25) is 0 Å². The molecule has 0 radical (unpaired) electrons. The predicted molar refractivity (Wildman–Crippen MR) is 43.5 cm³/mol. The standard InChI is InChI=1S/C8H15NO3/c1-6(10)8(12)9-4-2-7(11)3-5-9/h6-7,10-11H,2-5H2,1H3. The zero-order valence-electron chi connectivity index (χ0n) is 7.23. The van der Waals surface area contributed by atoms with E-state index in [4.69, 9.17) is 10.2 Å². The Morgan fingerprint density at radius 2 is 2.00 bits per heavy atom. The number of carbonyl (C=O) groups excluding carboxylic acids is 1. The highest BCUT2D eigenvalue weighted by Gasteiger charge is 2.23. The lowest BCUT2D eigenvalue weighted by Crippen LogP contribution is -2.44. The summed E-state index contributed by atoms with van der Waals surface area (Å²) in [6.45, 7) is 2.59. The summed E-state index contributed by atoms with van der Waals surface area (Å²) in [6.07, 6.45) is 0.0555. The highest BCUT2D eigenvalue weighted by molar-refractivity contribution is 5.80. The first-order valence-electron chi connectivity index (χ1n) is 4.26. The highest BCUT2D eigenvalue weighted by Crippen LogP contribution is 2.10. The van der Waals surface area contributed by atoms with Crippen LogP contribution in [0.4, 0.5) is 0 Å². The second-order valence-corrected chi connectivity index (χ2v) is 3.23. The van der Waals surface area contributed by atoms with Gasteiger partial charge in [0.1, 0.15) is 6.10 Å². The fraction of sp³-hybridized carbons (Fsp3) is 0.875. The molecular weight excluding hydrogens is 158 g/mol. The summed E-state index contributed by atoms with van der Waals surface area (Å²) in [4.78, 5) is 12.8. The highest BCUT2D eigenvalue weighted by atomic mass is 16.3. The summed E-state index contributed by atoms with van der Waals surface area (Å²) in [5, 5.41) is 18.1. The van der Waals surface area contributed by atoms with E-state index in [0.717, 1.165) is 0 Å². The molecule has 4 nitrogen and oxygen atoms in total. The molecule has 1 aliphatic heterocycles. The summed E-state index contributed by atoms with van der Waals surface area (Å²) in [6, 6.07) is 0. The number of amides is 1. The van der Waals surface area contributed by atoms with E-state index in [2.05, 4.69) is 0 Å². The third kappa shape index (κ3) is 2.19. The third-order valence-electron chi connectivity index (χ3n) is 2.13. The van der Waals surface area contributed by atoms with Crippen molar-refractivity contribution >= 4 is 5.91 Å². The van der Waals surface area contributed by atoms with Crippen molar-refractivity contribution in [2.75, 3.05) is 13.1 Å². The van der Waals surface area contributed by atoms with Crippen LogP contribution in [-0.2, 0) is 4.79 Å². The van der Waals surface area contributed by atoms with Gasteiger partial charge in [-0.2, -0.15) is 0 Å². The molecule has 0 spiro atoms. The number of carbonyl (C=O) groups is 1. The molecule has 1 rings (SSSR count). The Balaban J connectivity index is 2.39. The SMILES string of the molecule is CC(O)C(=O)N1CCC(O)CC1. The molecule has 0 aromatic rings. The van der Waals surface area contributed by atoms with Gasteiger partial charge in [-0.05, 0) is 19.8 Å². The van der Waals surface area contributed by atoms with Crippen molar-refractivity contribution in [1.29, 1.82) is 0 Å². The summed E-state index contributed by atoms with van der Waals surface area (Å²) in [5.41, 5.74) is 0. The van der Waals surface area contributed by atoms with E-state index in [9.17, 15) is 4.79 Å². The number of nitrogens with zero attached hydrogens (tertiary/aromatic N) is 1. The molecule has 0 aromatic carbocycles. The van der Waals surface area contributed by atoms with Gasteiger partial charge in [-0.3, -0.25) is 4.79 Å². The maximum atomic E-state index is 11.2. The Morgan fingerprint density at radius 1 is 1.50 bits per heavy atom. The van der Waals surface area contributed by atoms with Crippen LogP contribution >= 0.6 is 0 Å². The van der Waals surface area contributed by atoms with Crippen LogP contribution in [0.3, 0.4) is 0 Å². The Hall–Kier alpha value is -0.610. The van der Waals surface area contributed by atoms with Gasteiger partial charge in [0.25, 0.3) is 5.91 Å². The maximum absolute atomic E-state index is 11.2. The van der Waals surface area contributed by atoms with E-state index in [1.807, 2.05) is 0 Å². The third-order valence-corrected chi connectivity index (χ3v) is 2.13. The molecule has 1 atom stereocenters. The second-order valence-electron chi connectivity index (χ2n) is 3.23. The second kappa shape index (κ2) is 3.87. The van der Waals surface area contributed by atoms with Crippen molar-refractivity contribution in [3.8, 4) is 0 Å². The average molecular weight is 173 g/mol. The number of likely N-dealkylation sites (tertiary alicyclic amines) is 1. The van der Waals surface area contributed by atoms with Gasteiger partial charge in [-0.15, -0.1) is 0 Å². The summed E-state index contributed by atoms with van der Waals surface area (Å²) in [5.74, 6) is -0.234. The molecule has 1 fully saturated rings. The molecule has 1 heterocycles. The normalized spacial score (nSPS) is 22.4. The lowest BCUT2D eigenvalue weighted by Gasteiger charge is -2.30. The Labute approximate surface area is 71.8 Å². The van der Waals surface area contributed by atoms with Gasteiger partial charge in [0.05, 0.1) is 6.10 Å². The summed E-state index contributed by atoms with van der Waals surface area (Å²) in [7, 11) is 0. The van der Waals surface area contributed by atoms with E-state index in [1.165, 1.54) is 6.92 Å². The number of aliphatic hydroxyl groups is 2. The fourth-order valence-electron chi connectivity index (χ4n) is 1.35. The predicted octanol–water partition coefficient (Wildman–Crippen LogP) is -0.650. The van der Waals surface area contributed by atoms with Gasteiger partial charge in [0.15, 0.2) is 0 Å². The Bertz CT molecular complexity index is 162. The zero-order chi connectivity index (χ0) is 9.14. The quantitative estimate of drug-likeness (QED) is 0.554. The molecule has 4 heteroatoms. The maximum Gasteiger partial charge on any atom is 0.251 e. The molecule has 0 bridgehead atoms. The van der Waals surface area contributed by atoms with Gasteiger partial charge in [0, 0.05) is 13.1 Å². The van der Waals surface area contributed by atoms with Crippen molar-refractivity contribution < 1.29 is 15.0 Å². The molecule has 0 saturated carbocycles. The lowest BCUT2D eigenvalue weighted by molar-refractivity contribution is -0.141. The molecule has 2 N–H and O–H groups in total. The van der Waals surface area contributed by atoms with Crippen LogP contribution in [0.15, 0.2) is 0 Å². The zero-order valence-corrected chi connectivity index (χ0v) is 7.23. The lowest BCUT2D eigenvalue weighted by atomic mass is 10.1. The molecule has 12 heavy (non-hydrogen) atoms. The van der Waals surface area contributed by atoms with E-state index in [0.29, 0.717) is 25.9 Å². The van der Waals surface area contributed by atoms with Crippen LogP contribution in [-0.4, -0.2) is 46.3 Å². The average Bonchev–Trinajstić information content (AvgIpc) is 2.04. The number of rotatable bonds is 1. The minimum absolute atomic E-state index is 0.234. The van der Waals surface area contributed by atoms with Crippen LogP contribution in [0, 0.1) is 0 Å². The topological polar surface area (TPSA) is 60.8 Å².